The second kappa shape index (κ2) is 12.0. The van der Waals surface area contributed by atoms with Crippen molar-refractivity contribution in [3.63, 3.8) is 0 Å². The van der Waals surface area contributed by atoms with Gasteiger partial charge < -0.3 is 14.6 Å². The molecule has 6 nitrogen and oxygen atoms in total. The zero-order chi connectivity index (χ0) is 23.7. The Balaban J connectivity index is 2.42. The van der Waals surface area contributed by atoms with Gasteiger partial charge in [-0.2, -0.15) is 4.31 Å². The predicted molar refractivity (Wildman–Crippen MR) is 128 cm³/mol. The third-order valence-electron chi connectivity index (χ3n) is 5.52. The van der Waals surface area contributed by atoms with Crippen molar-refractivity contribution < 1.29 is 23.0 Å². The molecule has 0 aliphatic heterocycles. The second-order valence-corrected chi connectivity index (χ2v) is 10.3. The van der Waals surface area contributed by atoms with Crippen LogP contribution in [0.15, 0.2) is 61.2 Å². The maximum Gasteiger partial charge on any atom is 0.217 e. The molecule has 2 rings (SSSR count). The molecule has 2 aromatic carbocycles. The number of hydrogen-bond donors (Lipinski definition) is 1. The number of aliphatic hydroxyl groups excluding tert-OH is 1. The minimum absolute atomic E-state index is 0.166. The Kier molecular flexibility index (Phi) is 9.75. The van der Waals surface area contributed by atoms with Crippen LogP contribution in [-0.2, 0) is 23.1 Å². The van der Waals surface area contributed by atoms with E-state index in [0.29, 0.717) is 17.9 Å². The molecule has 32 heavy (non-hydrogen) atoms. The monoisotopic (exact) mass is 461 g/mol. The van der Waals surface area contributed by atoms with Crippen molar-refractivity contribution in [2.45, 2.75) is 51.1 Å². The number of benzene rings is 2. The Hall–Kier alpha value is -2.35. The van der Waals surface area contributed by atoms with Crippen molar-refractivity contribution >= 4 is 10.0 Å². The number of allylic oxidation sites excluding steroid dienone is 1. The van der Waals surface area contributed by atoms with E-state index in [0.717, 1.165) is 11.1 Å². The predicted octanol–water partition coefficient (Wildman–Crippen LogP) is 4.39. The van der Waals surface area contributed by atoms with E-state index in [1.807, 2.05) is 55.5 Å². The van der Waals surface area contributed by atoms with Crippen LogP contribution in [0.1, 0.15) is 37.8 Å². The molecule has 0 unspecified atom stereocenters. The Bertz CT molecular complexity index is 890. The minimum Gasteiger partial charge on any atom is -0.497 e. The van der Waals surface area contributed by atoms with E-state index < -0.39 is 21.4 Å². The summed E-state index contributed by atoms with van der Waals surface area (Å²) in [5.41, 5.74) is 1.71. The van der Waals surface area contributed by atoms with Gasteiger partial charge in [-0.15, -0.1) is 6.58 Å². The van der Waals surface area contributed by atoms with Gasteiger partial charge in [-0.25, -0.2) is 8.42 Å². The maximum absolute atomic E-state index is 13.9. The highest BCUT2D eigenvalue weighted by atomic mass is 32.2. The summed E-state index contributed by atoms with van der Waals surface area (Å²) < 4.78 is 39.7. The van der Waals surface area contributed by atoms with Gasteiger partial charge >= 0.3 is 0 Å². The third-order valence-corrected chi connectivity index (χ3v) is 7.93. The molecule has 2 aromatic rings. The Morgan fingerprint density at radius 1 is 0.938 bits per heavy atom. The quantitative estimate of drug-likeness (QED) is 0.448. The van der Waals surface area contributed by atoms with E-state index in [1.54, 1.807) is 27.2 Å². The molecular formula is C25H35NO5S. The van der Waals surface area contributed by atoms with Crippen LogP contribution in [0.5, 0.6) is 11.5 Å². The number of methoxy groups -OCH3 is 2. The summed E-state index contributed by atoms with van der Waals surface area (Å²) in [6.45, 7) is 7.72. The van der Waals surface area contributed by atoms with Crippen LogP contribution in [0.2, 0.25) is 0 Å². The van der Waals surface area contributed by atoms with Gasteiger partial charge in [0.05, 0.1) is 25.6 Å². The van der Waals surface area contributed by atoms with Crippen molar-refractivity contribution in [3.8, 4) is 11.5 Å². The summed E-state index contributed by atoms with van der Waals surface area (Å²) in [6, 6.07) is 14.8. The van der Waals surface area contributed by atoms with Gasteiger partial charge in [-0.1, -0.05) is 37.3 Å². The van der Waals surface area contributed by atoms with E-state index in [4.69, 9.17) is 9.47 Å². The molecule has 0 spiro atoms. The lowest BCUT2D eigenvalue weighted by atomic mass is 9.99. The van der Waals surface area contributed by atoms with Gasteiger partial charge in [0.25, 0.3) is 0 Å². The van der Waals surface area contributed by atoms with Crippen LogP contribution in [-0.4, -0.2) is 43.4 Å². The van der Waals surface area contributed by atoms with Crippen LogP contribution in [0.3, 0.4) is 0 Å². The van der Waals surface area contributed by atoms with E-state index in [2.05, 4.69) is 6.58 Å². The summed E-state index contributed by atoms with van der Waals surface area (Å²) in [7, 11) is -0.556. The zero-order valence-corrected chi connectivity index (χ0v) is 20.2. The van der Waals surface area contributed by atoms with E-state index in [-0.39, 0.29) is 25.4 Å². The summed E-state index contributed by atoms with van der Waals surface area (Å²) in [6.07, 6.45) is 1.71. The molecule has 0 aliphatic carbocycles. The molecule has 0 bridgehead atoms. The largest absolute Gasteiger partial charge is 0.497 e. The van der Waals surface area contributed by atoms with Crippen molar-refractivity contribution in [2.24, 2.45) is 5.92 Å². The molecule has 0 saturated heterocycles. The number of aliphatic hydroxyl groups is 1. The van der Waals surface area contributed by atoms with E-state index in [9.17, 15) is 13.5 Å². The molecule has 0 amide bonds. The molecule has 7 heteroatoms. The smallest absolute Gasteiger partial charge is 0.217 e. The molecule has 0 saturated carbocycles. The molecule has 0 aromatic heterocycles. The average Bonchev–Trinajstić information content (AvgIpc) is 2.78. The molecule has 1 N–H and O–H groups in total. The maximum atomic E-state index is 13.9. The summed E-state index contributed by atoms with van der Waals surface area (Å²) in [4.78, 5) is 0. The van der Waals surface area contributed by atoms with Crippen molar-refractivity contribution in [1.82, 2.24) is 4.31 Å². The van der Waals surface area contributed by atoms with Crippen LogP contribution in [0.25, 0.3) is 0 Å². The minimum atomic E-state index is -3.74. The fraction of sp³-hybridized carbons (Fsp3) is 0.440. The fourth-order valence-corrected chi connectivity index (χ4v) is 5.96. The summed E-state index contributed by atoms with van der Waals surface area (Å²) >= 11 is 0. The Labute approximate surface area is 192 Å². The first-order valence-electron chi connectivity index (χ1n) is 10.7. The van der Waals surface area contributed by atoms with Gasteiger partial charge in [-0.05, 0) is 61.1 Å². The Morgan fingerprint density at radius 2 is 1.38 bits per heavy atom. The molecule has 3 atom stereocenters. The first-order valence-corrected chi connectivity index (χ1v) is 12.2. The topological polar surface area (TPSA) is 76.1 Å². The molecule has 0 radical (unpaired) electrons. The first kappa shape index (κ1) is 25.9. The standard InChI is InChI=1S/C25H35NO5S/c1-6-7-19(2)25(16-20(3)27)32(28,29)26(17-21-8-12-23(30-4)13-9-21)18-22-10-14-24(31-5)15-11-22/h6,8-15,19-20,25,27H,1,7,16-18H2,2-5H3/t19-,20+,25-/m0/s1. The molecule has 0 heterocycles. The van der Waals surface area contributed by atoms with E-state index in [1.165, 1.54) is 4.31 Å². The lowest BCUT2D eigenvalue weighted by Crippen LogP contribution is -2.42. The first-order chi connectivity index (χ1) is 15.2. The van der Waals surface area contributed by atoms with E-state index >= 15 is 0 Å². The normalized spacial score (nSPS) is 14.6. The second-order valence-electron chi connectivity index (χ2n) is 8.13. The average molecular weight is 462 g/mol. The number of ether oxygens (including phenoxy) is 2. The lowest BCUT2D eigenvalue weighted by Gasteiger charge is -2.31. The zero-order valence-electron chi connectivity index (χ0n) is 19.4. The van der Waals surface area contributed by atoms with Crippen molar-refractivity contribution in [3.05, 3.63) is 72.3 Å². The summed E-state index contributed by atoms with van der Waals surface area (Å²) in [5.74, 6) is 1.25. The molecular weight excluding hydrogens is 426 g/mol. The van der Waals surface area contributed by atoms with Gasteiger partial charge in [-0.3, -0.25) is 0 Å². The fourth-order valence-electron chi connectivity index (χ4n) is 3.69. The van der Waals surface area contributed by atoms with Gasteiger partial charge in [0.2, 0.25) is 10.0 Å². The Morgan fingerprint density at radius 3 is 1.72 bits per heavy atom. The highest BCUT2D eigenvalue weighted by Gasteiger charge is 2.36. The number of hydrogen-bond acceptors (Lipinski definition) is 5. The van der Waals surface area contributed by atoms with Crippen LogP contribution in [0, 0.1) is 5.92 Å². The SMILES string of the molecule is C=CC[C@H](C)[C@H](C[C@@H](C)O)S(=O)(=O)N(Cc1ccc(OC)cc1)Cc1ccc(OC)cc1. The highest BCUT2D eigenvalue weighted by Crippen LogP contribution is 2.28. The van der Waals surface area contributed by atoms with Gasteiger partial charge in [0.1, 0.15) is 11.5 Å². The number of nitrogens with zero attached hydrogens (tertiary/aromatic N) is 1. The van der Waals surface area contributed by atoms with Crippen molar-refractivity contribution in [1.29, 1.82) is 0 Å². The van der Waals surface area contributed by atoms with Crippen LogP contribution in [0.4, 0.5) is 0 Å². The third kappa shape index (κ3) is 7.08. The lowest BCUT2D eigenvalue weighted by molar-refractivity contribution is 0.174. The summed E-state index contributed by atoms with van der Waals surface area (Å²) in [5, 5.41) is 9.32. The van der Waals surface area contributed by atoms with Crippen LogP contribution < -0.4 is 9.47 Å². The van der Waals surface area contributed by atoms with Crippen molar-refractivity contribution in [2.75, 3.05) is 14.2 Å². The highest BCUT2D eigenvalue weighted by molar-refractivity contribution is 7.89. The van der Waals surface area contributed by atoms with Gasteiger partial charge in [0, 0.05) is 13.1 Å². The molecule has 0 aliphatic rings. The number of sulfonamides is 1. The van der Waals surface area contributed by atoms with Crippen LogP contribution >= 0.6 is 0 Å². The molecule has 0 fully saturated rings. The van der Waals surface area contributed by atoms with Gasteiger partial charge in [0.15, 0.2) is 0 Å². The molecule has 176 valence electrons. The number of rotatable bonds is 13.